The van der Waals surface area contributed by atoms with E-state index in [-0.39, 0.29) is 0 Å². The number of ketones is 1. The molecule has 0 spiro atoms. The van der Waals surface area contributed by atoms with Gasteiger partial charge in [-0.1, -0.05) is 51.0 Å². The summed E-state index contributed by atoms with van der Waals surface area (Å²) in [6.07, 6.45) is 19.2. The molecule has 0 N–H and O–H groups in total. The summed E-state index contributed by atoms with van der Waals surface area (Å²) in [5.74, 6) is 1.37. The zero-order chi connectivity index (χ0) is 13.9. The molecule has 0 radical (unpaired) electrons. The number of hydrogen-bond acceptors (Lipinski definition) is 1. The first-order valence-electron chi connectivity index (χ1n) is 8.03. The maximum absolute atomic E-state index is 11.9. The highest BCUT2D eigenvalue weighted by Crippen LogP contribution is 2.15. The molecule has 19 heavy (non-hydrogen) atoms. The topological polar surface area (TPSA) is 17.1 Å². The lowest BCUT2D eigenvalue weighted by Crippen LogP contribution is -2.05. The van der Waals surface area contributed by atoms with E-state index in [1.807, 2.05) is 0 Å². The largest absolute Gasteiger partial charge is 0.300 e. The average Bonchev–Trinajstić information content (AvgIpc) is 2.37. The number of rotatable bonds is 0. The fourth-order valence-electron chi connectivity index (χ4n) is 2.55. The molecular weight excluding hydrogens is 232 g/mol. The van der Waals surface area contributed by atoms with E-state index >= 15 is 0 Å². The minimum absolute atomic E-state index is 0.409. The van der Waals surface area contributed by atoms with Crippen molar-refractivity contribution < 1.29 is 4.79 Å². The first-order valence-corrected chi connectivity index (χ1v) is 8.03. The van der Waals surface area contributed by atoms with Crippen LogP contribution in [0.4, 0.5) is 0 Å². The number of carbonyl (C=O) groups excluding carboxylic acids is 1. The van der Waals surface area contributed by atoms with Crippen LogP contribution >= 0.6 is 0 Å². The van der Waals surface area contributed by atoms with E-state index in [4.69, 9.17) is 0 Å². The molecule has 2 unspecified atom stereocenters. The van der Waals surface area contributed by atoms with Gasteiger partial charge in [-0.05, 0) is 43.9 Å². The molecule has 1 aliphatic rings. The molecule has 1 rings (SSSR count). The van der Waals surface area contributed by atoms with Crippen LogP contribution in [0.3, 0.4) is 0 Å². The second-order valence-electron chi connectivity index (χ2n) is 6.08. The molecule has 1 aliphatic carbocycles. The fourth-order valence-corrected chi connectivity index (χ4v) is 2.55. The van der Waals surface area contributed by atoms with Crippen LogP contribution in [0.2, 0.25) is 0 Å². The molecule has 108 valence electrons. The predicted octanol–water partition coefficient (Wildman–Crippen LogP) is 5.46. The molecule has 0 amide bonds. The zero-order valence-electron chi connectivity index (χ0n) is 12.7. The van der Waals surface area contributed by atoms with Gasteiger partial charge in [0.15, 0.2) is 0 Å². The molecule has 0 fully saturated rings. The molecule has 0 bridgehead atoms. The lowest BCUT2D eigenvalue weighted by atomic mass is 9.96. The van der Waals surface area contributed by atoms with Gasteiger partial charge in [-0.25, -0.2) is 0 Å². The van der Waals surface area contributed by atoms with Crippen LogP contribution in [0.15, 0.2) is 24.3 Å². The molecule has 0 aliphatic heterocycles. The van der Waals surface area contributed by atoms with E-state index in [2.05, 4.69) is 38.2 Å². The maximum Gasteiger partial charge on any atom is 0.133 e. The summed E-state index contributed by atoms with van der Waals surface area (Å²) in [5, 5.41) is 0. The monoisotopic (exact) mass is 262 g/mol. The van der Waals surface area contributed by atoms with Crippen LogP contribution < -0.4 is 0 Å². The lowest BCUT2D eigenvalue weighted by Gasteiger charge is -2.08. The van der Waals surface area contributed by atoms with Gasteiger partial charge in [-0.2, -0.15) is 0 Å². The summed E-state index contributed by atoms with van der Waals surface area (Å²) in [4.78, 5) is 11.9. The van der Waals surface area contributed by atoms with Crippen molar-refractivity contribution >= 4 is 5.78 Å². The Balaban J connectivity index is 2.44. The number of carbonyl (C=O) groups is 1. The maximum atomic E-state index is 11.9. The molecule has 0 aromatic carbocycles. The SMILES string of the molecule is CC1/C=C/CCCCCC/C=C/C(C)CC(=O)CC1. The summed E-state index contributed by atoms with van der Waals surface area (Å²) < 4.78 is 0. The van der Waals surface area contributed by atoms with Gasteiger partial charge in [0.25, 0.3) is 0 Å². The van der Waals surface area contributed by atoms with Crippen molar-refractivity contribution in [2.24, 2.45) is 11.8 Å². The van der Waals surface area contributed by atoms with Crippen LogP contribution in [0.5, 0.6) is 0 Å². The van der Waals surface area contributed by atoms with Crippen molar-refractivity contribution in [2.45, 2.75) is 71.6 Å². The Labute approximate surface area is 119 Å². The Hall–Kier alpha value is -0.850. The quantitative estimate of drug-likeness (QED) is 0.529. The van der Waals surface area contributed by atoms with E-state index in [1.165, 1.54) is 38.5 Å². The highest BCUT2D eigenvalue weighted by Gasteiger charge is 2.08. The van der Waals surface area contributed by atoms with Crippen LogP contribution in [0.25, 0.3) is 0 Å². The molecule has 1 nitrogen and oxygen atoms in total. The van der Waals surface area contributed by atoms with Crippen molar-refractivity contribution in [1.29, 1.82) is 0 Å². The third kappa shape index (κ3) is 8.80. The van der Waals surface area contributed by atoms with Crippen molar-refractivity contribution in [3.8, 4) is 0 Å². The summed E-state index contributed by atoms with van der Waals surface area (Å²) in [7, 11) is 0. The second-order valence-corrected chi connectivity index (χ2v) is 6.08. The number of hydrogen-bond donors (Lipinski definition) is 0. The van der Waals surface area contributed by atoms with Gasteiger partial charge in [0.05, 0.1) is 0 Å². The van der Waals surface area contributed by atoms with Crippen molar-refractivity contribution in [3.63, 3.8) is 0 Å². The van der Waals surface area contributed by atoms with Gasteiger partial charge < -0.3 is 0 Å². The van der Waals surface area contributed by atoms with Crippen molar-refractivity contribution in [2.75, 3.05) is 0 Å². The van der Waals surface area contributed by atoms with Crippen LogP contribution in [-0.2, 0) is 4.79 Å². The Morgan fingerprint density at radius 3 is 2.11 bits per heavy atom. The fraction of sp³-hybridized carbons (Fsp3) is 0.722. The molecule has 1 heteroatoms. The van der Waals surface area contributed by atoms with Gasteiger partial charge in [-0.3, -0.25) is 4.79 Å². The Morgan fingerprint density at radius 1 is 0.895 bits per heavy atom. The summed E-state index contributed by atoms with van der Waals surface area (Å²) >= 11 is 0. The standard InChI is InChI=1S/C18H30O/c1-16-11-9-7-5-3-4-6-8-10-12-17(2)15-18(19)14-13-16/h9-12,16-17H,3-8,13-15H2,1-2H3/b11-9+,12-10+. The van der Waals surface area contributed by atoms with E-state index in [1.54, 1.807) is 0 Å². The first kappa shape index (κ1) is 16.2. The summed E-state index contributed by atoms with van der Waals surface area (Å²) in [6, 6.07) is 0. The normalized spacial score (nSPS) is 31.8. The second kappa shape index (κ2) is 10.00. The molecule has 0 aromatic heterocycles. The minimum Gasteiger partial charge on any atom is -0.300 e. The first-order chi connectivity index (χ1) is 9.18. The molecule has 0 heterocycles. The highest BCUT2D eigenvalue weighted by molar-refractivity contribution is 5.78. The molecule has 0 saturated heterocycles. The molecular formula is C18H30O. The van der Waals surface area contributed by atoms with Gasteiger partial charge >= 0.3 is 0 Å². The van der Waals surface area contributed by atoms with Crippen molar-refractivity contribution in [3.05, 3.63) is 24.3 Å². The lowest BCUT2D eigenvalue weighted by molar-refractivity contribution is -0.119. The molecule has 0 saturated carbocycles. The van der Waals surface area contributed by atoms with Gasteiger partial charge in [0.2, 0.25) is 0 Å². The van der Waals surface area contributed by atoms with Crippen molar-refractivity contribution in [1.82, 2.24) is 0 Å². The van der Waals surface area contributed by atoms with Crippen LogP contribution in [0, 0.1) is 11.8 Å². The highest BCUT2D eigenvalue weighted by atomic mass is 16.1. The van der Waals surface area contributed by atoms with Gasteiger partial charge in [0.1, 0.15) is 5.78 Å². The van der Waals surface area contributed by atoms with E-state index in [9.17, 15) is 4.79 Å². The zero-order valence-corrected chi connectivity index (χ0v) is 12.7. The predicted molar refractivity (Wildman–Crippen MR) is 83.2 cm³/mol. The molecule has 2 atom stereocenters. The smallest absolute Gasteiger partial charge is 0.133 e. The third-order valence-electron chi connectivity index (χ3n) is 3.85. The van der Waals surface area contributed by atoms with E-state index < -0.39 is 0 Å². The third-order valence-corrected chi connectivity index (χ3v) is 3.85. The average molecular weight is 262 g/mol. The Kier molecular flexibility index (Phi) is 8.53. The molecule has 0 aromatic rings. The Bertz CT molecular complexity index is 301. The van der Waals surface area contributed by atoms with E-state index in [0.29, 0.717) is 24.0 Å². The number of Topliss-reactive ketones (excluding diaryl/α,β-unsaturated/α-hetero) is 1. The summed E-state index contributed by atoms with van der Waals surface area (Å²) in [6.45, 7) is 4.37. The van der Waals surface area contributed by atoms with Gasteiger partial charge in [-0.15, -0.1) is 0 Å². The van der Waals surface area contributed by atoms with Crippen LogP contribution in [0.1, 0.15) is 71.6 Å². The van der Waals surface area contributed by atoms with Crippen LogP contribution in [-0.4, -0.2) is 5.78 Å². The van der Waals surface area contributed by atoms with E-state index in [0.717, 1.165) is 12.8 Å². The summed E-state index contributed by atoms with van der Waals surface area (Å²) in [5.41, 5.74) is 0. The van der Waals surface area contributed by atoms with Gasteiger partial charge in [0, 0.05) is 12.8 Å². The number of allylic oxidation sites excluding steroid dienone is 4. The Morgan fingerprint density at radius 2 is 1.47 bits per heavy atom. The minimum atomic E-state index is 0.409.